The van der Waals surface area contributed by atoms with Crippen molar-refractivity contribution in [3.63, 3.8) is 0 Å². The van der Waals surface area contributed by atoms with Crippen LogP contribution in [0.25, 0.3) is 0 Å². The van der Waals surface area contributed by atoms with E-state index in [1.165, 1.54) is 0 Å². The number of hydrogen-bond donors (Lipinski definition) is 1. The average Bonchev–Trinajstić information content (AvgIpc) is 2.09. The van der Waals surface area contributed by atoms with Crippen LogP contribution in [0.2, 0.25) is 6.82 Å². The van der Waals surface area contributed by atoms with Gasteiger partial charge in [0.2, 0.25) is 0 Å². The molecule has 1 atom stereocenters. The zero-order chi connectivity index (χ0) is 8.43. The summed E-state index contributed by atoms with van der Waals surface area (Å²) in [5, 5.41) is 8.29. The SMILES string of the molecule is CB1OC(=O)C(CC(=O)O)O1. The smallest absolute Gasteiger partial charge is 0.508 e. The quantitative estimate of drug-likeness (QED) is 0.549. The maximum atomic E-state index is 10.7. The molecule has 1 saturated heterocycles. The van der Waals surface area contributed by atoms with Crippen molar-refractivity contribution in [1.29, 1.82) is 0 Å². The second-order valence-electron chi connectivity index (χ2n) is 2.23. The maximum Gasteiger partial charge on any atom is 0.524 e. The van der Waals surface area contributed by atoms with Crippen LogP contribution in [0.1, 0.15) is 6.42 Å². The molecule has 1 unspecified atom stereocenters. The van der Waals surface area contributed by atoms with E-state index in [9.17, 15) is 9.59 Å². The molecule has 0 saturated carbocycles. The predicted molar refractivity (Wildman–Crippen MR) is 34.8 cm³/mol. The summed E-state index contributed by atoms with van der Waals surface area (Å²) < 4.78 is 9.38. The first-order valence-corrected chi connectivity index (χ1v) is 3.17. The van der Waals surface area contributed by atoms with Gasteiger partial charge < -0.3 is 14.4 Å². The molecule has 0 amide bonds. The molecular weight excluding hydrogens is 151 g/mol. The van der Waals surface area contributed by atoms with Crippen LogP contribution in [0, 0.1) is 0 Å². The lowest BCUT2D eigenvalue weighted by molar-refractivity contribution is -0.145. The molecule has 0 aliphatic carbocycles. The maximum absolute atomic E-state index is 10.7. The number of carboxylic acids is 1. The fourth-order valence-electron chi connectivity index (χ4n) is 0.844. The van der Waals surface area contributed by atoms with Crippen LogP contribution >= 0.6 is 0 Å². The summed E-state index contributed by atoms with van der Waals surface area (Å²) in [5.41, 5.74) is 0. The lowest BCUT2D eigenvalue weighted by atomic mass is 9.97. The van der Waals surface area contributed by atoms with Crippen molar-refractivity contribution in [2.24, 2.45) is 0 Å². The van der Waals surface area contributed by atoms with E-state index in [4.69, 9.17) is 9.76 Å². The van der Waals surface area contributed by atoms with Crippen molar-refractivity contribution < 1.29 is 24.0 Å². The fourth-order valence-corrected chi connectivity index (χ4v) is 0.844. The summed E-state index contributed by atoms with van der Waals surface area (Å²) in [6.45, 7) is 1.54. The summed E-state index contributed by atoms with van der Waals surface area (Å²) in [7, 11) is -0.619. The van der Waals surface area contributed by atoms with E-state index in [1.807, 2.05) is 0 Å². The molecule has 1 rings (SSSR count). The number of carbonyl (C=O) groups is 2. The molecule has 0 aromatic rings. The molecule has 0 aromatic carbocycles. The lowest BCUT2D eigenvalue weighted by Gasteiger charge is -1.99. The Kier molecular flexibility index (Phi) is 2.14. The van der Waals surface area contributed by atoms with E-state index in [-0.39, 0.29) is 6.42 Å². The summed E-state index contributed by atoms with van der Waals surface area (Å²) in [4.78, 5) is 20.8. The molecule has 1 heterocycles. The Balaban J connectivity index is 2.47. The van der Waals surface area contributed by atoms with E-state index in [0.717, 1.165) is 0 Å². The highest BCUT2D eigenvalue weighted by atomic mass is 16.7. The van der Waals surface area contributed by atoms with Crippen LogP contribution in [0.4, 0.5) is 0 Å². The number of hydrogen-bond acceptors (Lipinski definition) is 4. The summed E-state index contributed by atoms with van der Waals surface area (Å²) >= 11 is 0. The average molecular weight is 158 g/mol. The van der Waals surface area contributed by atoms with Crippen LogP contribution < -0.4 is 0 Å². The summed E-state index contributed by atoms with van der Waals surface area (Å²) in [6.07, 6.45) is -1.26. The topological polar surface area (TPSA) is 72.8 Å². The third kappa shape index (κ3) is 1.94. The van der Waals surface area contributed by atoms with Gasteiger partial charge >= 0.3 is 19.1 Å². The number of carbonyl (C=O) groups excluding carboxylic acids is 1. The first kappa shape index (κ1) is 8.07. The summed E-state index contributed by atoms with van der Waals surface area (Å²) in [6, 6.07) is 0. The van der Waals surface area contributed by atoms with Gasteiger partial charge in [0.25, 0.3) is 0 Å². The molecule has 1 fully saturated rings. The molecular formula is C5H7BO5. The van der Waals surface area contributed by atoms with Gasteiger partial charge in [0.15, 0.2) is 6.10 Å². The van der Waals surface area contributed by atoms with Gasteiger partial charge in [0.05, 0.1) is 6.42 Å². The van der Waals surface area contributed by atoms with Crippen LogP contribution in [-0.4, -0.2) is 30.3 Å². The van der Waals surface area contributed by atoms with E-state index in [2.05, 4.69) is 4.65 Å². The molecule has 6 heteroatoms. The highest BCUT2D eigenvalue weighted by molar-refractivity contribution is 6.47. The van der Waals surface area contributed by atoms with Crippen LogP contribution in [0.5, 0.6) is 0 Å². The molecule has 0 aromatic heterocycles. The molecule has 0 radical (unpaired) electrons. The van der Waals surface area contributed by atoms with Gasteiger partial charge in [-0.1, -0.05) is 0 Å². The van der Waals surface area contributed by atoms with Crippen LogP contribution in [-0.2, 0) is 18.9 Å². The molecule has 1 aliphatic heterocycles. The number of aliphatic carboxylic acids is 1. The molecule has 11 heavy (non-hydrogen) atoms. The lowest BCUT2D eigenvalue weighted by Crippen LogP contribution is -2.20. The zero-order valence-corrected chi connectivity index (χ0v) is 5.94. The van der Waals surface area contributed by atoms with Gasteiger partial charge in [0.1, 0.15) is 0 Å². The van der Waals surface area contributed by atoms with Gasteiger partial charge in [-0.05, 0) is 6.82 Å². The minimum Gasteiger partial charge on any atom is -0.508 e. The normalized spacial score (nSPS) is 23.5. The Hall–Kier alpha value is -1.04. The Morgan fingerprint density at radius 3 is 2.82 bits per heavy atom. The van der Waals surface area contributed by atoms with Crippen molar-refractivity contribution in [3.8, 4) is 0 Å². The van der Waals surface area contributed by atoms with Crippen molar-refractivity contribution in [2.75, 3.05) is 0 Å². The zero-order valence-electron chi connectivity index (χ0n) is 5.94. The minimum absolute atomic E-state index is 0.330. The molecule has 5 nitrogen and oxygen atoms in total. The van der Waals surface area contributed by atoms with Crippen molar-refractivity contribution in [1.82, 2.24) is 0 Å². The monoisotopic (exact) mass is 158 g/mol. The molecule has 0 bridgehead atoms. The van der Waals surface area contributed by atoms with Gasteiger partial charge in [-0.2, -0.15) is 0 Å². The number of rotatable bonds is 2. The minimum atomic E-state index is -1.07. The molecule has 1 N–H and O–H groups in total. The van der Waals surface area contributed by atoms with E-state index < -0.39 is 25.2 Å². The Morgan fingerprint density at radius 1 is 1.82 bits per heavy atom. The van der Waals surface area contributed by atoms with Crippen molar-refractivity contribution >= 4 is 19.1 Å². The van der Waals surface area contributed by atoms with Crippen LogP contribution in [0.15, 0.2) is 0 Å². The second kappa shape index (κ2) is 2.92. The van der Waals surface area contributed by atoms with Crippen LogP contribution in [0.3, 0.4) is 0 Å². The fraction of sp³-hybridized carbons (Fsp3) is 0.600. The molecule has 60 valence electrons. The van der Waals surface area contributed by atoms with E-state index in [1.54, 1.807) is 6.82 Å². The Labute approximate surface area is 63.4 Å². The highest BCUT2D eigenvalue weighted by Crippen LogP contribution is 2.12. The van der Waals surface area contributed by atoms with Gasteiger partial charge in [-0.25, -0.2) is 0 Å². The van der Waals surface area contributed by atoms with E-state index >= 15 is 0 Å². The first-order valence-electron chi connectivity index (χ1n) is 3.17. The van der Waals surface area contributed by atoms with Crippen molar-refractivity contribution in [2.45, 2.75) is 19.3 Å². The first-order chi connectivity index (χ1) is 5.09. The van der Waals surface area contributed by atoms with Crippen molar-refractivity contribution in [3.05, 3.63) is 0 Å². The third-order valence-corrected chi connectivity index (χ3v) is 1.26. The van der Waals surface area contributed by atoms with Gasteiger partial charge in [0, 0.05) is 0 Å². The summed E-state index contributed by atoms with van der Waals surface area (Å²) in [5.74, 6) is -1.67. The Bertz CT molecular complexity index is 191. The largest absolute Gasteiger partial charge is 0.524 e. The van der Waals surface area contributed by atoms with Gasteiger partial charge in [-0.15, -0.1) is 0 Å². The van der Waals surface area contributed by atoms with E-state index in [0.29, 0.717) is 0 Å². The molecule has 1 aliphatic rings. The number of carboxylic acid groups (broad SMARTS) is 1. The second-order valence-corrected chi connectivity index (χ2v) is 2.23. The highest BCUT2D eigenvalue weighted by Gasteiger charge is 2.37. The van der Waals surface area contributed by atoms with Gasteiger partial charge in [-0.3, -0.25) is 9.59 Å². The molecule has 0 spiro atoms. The predicted octanol–water partition coefficient (Wildman–Crippen LogP) is -0.479. The third-order valence-electron chi connectivity index (χ3n) is 1.26. The Morgan fingerprint density at radius 2 is 2.45 bits per heavy atom. The standard InChI is InChI=1S/C5H7BO5/c1-6-10-3(2-4(7)8)5(9)11-6/h3H,2H2,1H3,(H,7,8).